The Bertz CT molecular complexity index is 894. The lowest BCUT2D eigenvalue weighted by molar-refractivity contribution is 0.413. The standard InChI is InChI=1S/C18H16Cl2N4O/c1-25-13-5-2-11(3-6-13)16-9-17(24-18(23-16)21-10-22-24)14-7-4-12(19)8-15(14)20/h2-8,10,16-17H,9H2,1H3,(H,21,22,23). The summed E-state index contributed by atoms with van der Waals surface area (Å²) in [5.74, 6) is 1.56. The average Bonchev–Trinajstić information content (AvgIpc) is 3.10. The molecule has 2 aromatic carbocycles. The molecule has 0 amide bonds. The van der Waals surface area contributed by atoms with Crippen molar-refractivity contribution in [2.75, 3.05) is 12.4 Å². The van der Waals surface area contributed by atoms with Crippen LogP contribution in [0.5, 0.6) is 5.75 Å². The van der Waals surface area contributed by atoms with Crippen LogP contribution in [0.25, 0.3) is 0 Å². The summed E-state index contributed by atoms with van der Waals surface area (Å²) in [7, 11) is 1.66. The number of rotatable bonds is 3. The van der Waals surface area contributed by atoms with E-state index in [1.54, 1.807) is 19.5 Å². The van der Waals surface area contributed by atoms with E-state index in [0.717, 1.165) is 29.2 Å². The minimum Gasteiger partial charge on any atom is -0.497 e. The summed E-state index contributed by atoms with van der Waals surface area (Å²) in [4.78, 5) is 4.34. The Kier molecular flexibility index (Phi) is 4.27. The number of hydrogen-bond acceptors (Lipinski definition) is 4. The second-order valence-corrected chi connectivity index (χ2v) is 6.76. The molecule has 0 fully saturated rings. The summed E-state index contributed by atoms with van der Waals surface area (Å²) >= 11 is 12.5. The topological polar surface area (TPSA) is 52.0 Å². The van der Waals surface area contributed by atoms with Crippen LogP contribution in [0.1, 0.15) is 29.6 Å². The van der Waals surface area contributed by atoms with Crippen LogP contribution in [-0.4, -0.2) is 21.9 Å². The average molecular weight is 375 g/mol. The summed E-state index contributed by atoms with van der Waals surface area (Å²) < 4.78 is 7.11. The number of nitrogens with one attached hydrogen (secondary N) is 1. The van der Waals surface area contributed by atoms with E-state index in [0.29, 0.717) is 10.0 Å². The molecule has 0 bridgehead atoms. The summed E-state index contributed by atoms with van der Waals surface area (Å²) in [6.45, 7) is 0. The summed E-state index contributed by atoms with van der Waals surface area (Å²) in [6.07, 6.45) is 2.35. The molecule has 0 saturated heterocycles. The molecule has 7 heteroatoms. The highest BCUT2D eigenvalue weighted by molar-refractivity contribution is 6.35. The molecule has 2 atom stereocenters. The van der Waals surface area contributed by atoms with Gasteiger partial charge in [0.15, 0.2) is 0 Å². The minimum atomic E-state index is -0.0179. The van der Waals surface area contributed by atoms with E-state index in [9.17, 15) is 0 Å². The molecule has 1 aliphatic rings. The zero-order chi connectivity index (χ0) is 17.4. The molecule has 25 heavy (non-hydrogen) atoms. The fourth-order valence-corrected chi connectivity index (χ4v) is 3.74. The number of anilines is 1. The monoisotopic (exact) mass is 374 g/mol. The van der Waals surface area contributed by atoms with Crippen LogP contribution in [0.3, 0.4) is 0 Å². The van der Waals surface area contributed by atoms with Gasteiger partial charge in [0.2, 0.25) is 5.95 Å². The molecule has 5 nitrogen and oxygen atoms in total. The predicted molar refractivity (Wildman–Crippen MR) is 98.6 cm³/mol. The predicted octanol–water partition coefficient (Wildman–Crippen LogP) is 4.74. The van der Waals surface area contributed by atoms with Crippen molar-refractivity contribution < 1.29 is 4.74 Å². The molecule has 128 valence electrons. The second-order valence-electron chi connectivity index (χ2n) is 5.92. The molecule has 3 aromatic rings. The van der Waals surface area contributed by atoms with Gasteiger partial charge in [-0.15, -0.1) is 0 Å². The van der Waals surface area contributed by atoms with E-state index in [2.05, 4.69) is 27.5 Å². The molecule has 1 N–H and O–H groups in total. The van der Waals surface area contributed by atoms with Crippen LogP contribution in [-0.2, 0) is 0 Å². The van der Waals surface area contributed by atoms with Crippen molar-refractivity contribution in [2.45, 2.75) is 18.5 Å². The maximum Gasteiger partial charge on any atom is 0.222 e. The van der Waals surface area contributed by atoms with Crippen LogP contribution >= 0.6 is 23.2 Å². The van der Waals surface area contributed by atoms with Gasteiger partial charge >= 0.3 is 0 Å². The Balaban J connectivity index is 1.72. The first kappa shape index (κ1) is 16.2. The van der Waals surface area contributed by atoms with Gasteiger partial charge in [-0.25, -0.2) is 4.68 Å². The van der Waals surface area contributed by atoms with Crippen LogP contribution in [0.15, 0.2) is 48.8 Å². The molecule has 1 aromatic heterocycles. The third-order valence-electron chi connectivity index (χ3n) is 4.47. The lowest BCUT2D eigenvalue weighted by Crippen LogP contribution is -2.28. The van der Waals surface area contributed by atoms with Crippen LogP contribution in [0.4, 0.5) is 5.95 Å². The summed E-state index contributed by atoms with van der Waals surface area (Å²) in [5, 5.41) is 9.06. The lowest BCUT2D eigenvalue weighted by atomic mass is 9.93. The Morgan fingerprint density at radius 2 is 1.96 bits per heavy atom. The fraction of sp³-hybridized carbons (Fsp3) is 0.222. The molecule has 2 heterocycles. The van der Waals surface area contributed by atoms with E-state index in [-0.39, 0.29) is 12.1 Å². The molecule has 0 spiro atoms. The Labute approximate surface area is 155 Å². The molecule has 0 radical (unpaired) electrons. The SMILES string of the molecule is COc1ccc(C2CC(c3ccc(Cl)cc3Cl)n3ncnc3N2)cc1. The summed E-state index contributed by atoms with van der Waals surface area (Å²) in [5.41, 5.74) is 2.14. The van der Waals surface area contributed by atoms with Crippen molar-refractivity contribution in [3.05, 3.63) is 70.0 Å². The first-order valence-electron chi connectivity index (χ1n) is 7.90. The fourth-order valence-electron chi connectivity index (χ4n) is 3.21. The Morgan fingerprint density at radius 1 is 1.16 bits per heavy atom. The number of aromatic nitrogens is 3. The van der Waals surface area contributed by atoms with Gasteiger partial charge in [0.1, 0.15) is 12.1 Å². The van der Waals surface area contributed by atoms with Crippen LogP contribution in [0, 0.1) is 0 Å². The van der Waals surface area contributed by atoms with Crippen molar-refractivity contribution in [2.24, 2.45) is 0 Å². The third kappa shape index (κ3) is 3.05. The number of methoxy groups -OCH3 is 1. The van der Waals surface area contributed by atoms with Gasteiger partial charge in [-0.3, -0.25) is 0 Å². The molecule has 1 aliphatic heterocycles. The lowest BCUT2D eigenvalue weighted by Gasteiger charge is -2.32. The number of fused-ring (bicyclic) bond motifs is 1. The largest absolute Gasteiger partial charge is 0.497 e. The van der Waals surface area contributed by atoms with E-state index < -0.39 is 0 Å². The van der Waals surface area contributed by atoms with Gasteiger partial charge in [0.05, 0.1) is 19.2 Å². The number of hydrogen-bond donors (Lipinski definition) is 1. The van der Waals surface area contributed by atoms with Crippen molar-refractivity contribution >= 4 is 29.2 Å². The smallest absolute Gasteiger partial charge is 0.222 e. The van der Waals surface area contributed by atoms with Gasteiger partial charge in [-0.05, 0) is 41.8 Å². The Morgan fingerprint density at radius 3 is 2.68 bits per heavy atom. The molecule has 2 unspecified atom stereocenters. The first-order valence-corrected chi connectivity index (χ1v) is 8.66. The molecule has 4 rings (SSSR count). The summed E-state index contributed by atoms with van der Waals surface area (Å²) in [6, 6.07) is 13.7. The maximum absolute atomic E-state index is 6.45. The van der Waals surface area contributed by atoms with Crippen molar-refractivity contribution in [1.82, 2.24) is 14.8 Å². The number of halogens is 2. The van der Waals surface area contributed by atoms with E-state index in [1.165, 1.54) is 0 Å². The van der Waals surface area contributed by atoms with Crippen molar-refractivity contribution in [3.63, 3.8) is 0 Å². The zero-order valence-corrected chi connectivity index (χ0v) is 15.0. The molecular weight excluding hydrogens is 359 g/mol. The second kappa shape index (κ2) is 6.58. The number of ether oxygens (including phenoxy) is 1. The highest BCUT2D eigenvalue weighted by Gasteiger charge is 2.31. The Hall–Kier alpha value is -2.24. The van der Waals surface area contributed by atoms with E-state index in [1.807, 2.05) is 28.9 Å². The quantitative estimate of drug-likeness (QED) is 0.719. The number of nitrogens with zero attached hydrogens (tertiary/aromatic N) is 3. The third-order valence-corrected chi connectivity index (χ3v) is 5.03. The highest BCUT2D eigenvalue weighted by atomic mass is 35.5. The molecule has 0 saturated carbocycles. The number of benzene rings is 2. The van der Waals surface area contributed by atoms with E-state index in [4.69, 9.17) is 27.9 Å². The highest BCUT2D eigenvalue weighted by Crippen LogP contribution is 2.40. The van der Waals surface area contributed by atoms with Gasteiger partial charge in [0.25, 0.3) is 0 Å². The van der Waals surface area contributed by atoms with Crippen molar-refractivity contribution in [1.29, 1.82) is 0 Å². The molecule has 0 aliphatic carbocycles. The van der Waals surface area contributed by atoms with Gasteiger partial charge in [0, 0.05) is 10.0 Å². The normalized spacial score (nSPS) is 19.2. The van der Waals surface area contributed by atoms with Crippen LogP contribution < -0.4 is 10.1 Å². The van der Waals surface area contributed by atoms with E-state index >= 15 is 0 Å². The van der Waals surface area contributed by atoms with Gasteiger partial charge in [-0.1, -0.05) is 41.4 Å². The van der Waals surface area contributed by atoms with Gasteiger partial charge < -0.3 is 10.1 Å². The minimum absolute atomic E-state index is 0.0179. The van der Waals surface area contributed by atoms with Gasteiger partial charge in [-0.2, -0.15) is 10.1 Å². The van der Waals surface area contributed by atoms with Crippen molar-refractivity contribution in [3.8, 4) is 5.75 Å². The van der Waals surface area contributed by atoms with Crippen LogP contribution in [0.2, 0.25) is 10.0 Å². The zero-order valence-electron chi connectivity index (χ0n) is 13.5. The maximum atomic E-state index is 6.45. The molecular formula is C18H16Cl2N4O. The first-order chi connectivity index (χ1) is 12.2.